The lowest BCUT2D eigenvalue weighted by atomic mass is 10.1. The third-order valence-electron chi connectivity index (χ3n) is 0.507. The maximum atomic E-state index is 5.16. The Morgan fingerprint density at radius 1 is 1.67 bits per heavy atom. The number of hydrogen-bond acceptors (Lipinski definition) is 3. The molecule has 0 atom stereocenters. The Hall–Kier alpha value is -0.635. The van der Waals surface area contributed by atoms with Crippen LogP contribution >= 0.6 is 0 Å². The van der Waals surface area contributed by atoms with Gasteiger partial charge in [-0.25, -0.2) is 0 Å². The van der Waals surface area contributed by atoms with Crippen molar-refractivity contribution < 1.29 is 0 Å². The van der Waals surface area contributed by atoms with Gasteiger partial charge < -0.3 is 10.9 Å². The Labute approximate surface area is 37.2 Å². The molecule has 0 aromatic heterocycles. The van der Waals surface area contributed by atoms with E-state index in [1.165, 1.54) is 0 Å². The van der Waals surface area contributed by atoms with Crippen LogP contribution in [0.1, 0.15) is 0 Å². The fourth-order valence-corrected chi connectivity index (χ4v) is 0.258. The maximum Gasteiger partial charge on any atom is 0.142 e. The second kappa shape index (κ2) is 1.22. The first kappa shape index (κ1) is 3.55. The summed E-state index contributed by atoms with van der Waals surface area (Å²) in [5.41, 5.74) is 8.38. The fourth-order valence-electron chi connectivity index (χ4n) is 0.258. The standard InChI is InChI=1S/C2H4BN3/c3-2-1-4-6-5-2/h1,4-6H. The quantitative estimate of drug-likeness (QED) is 0.313. The minimum Gasteiger partial charge on any atom is -0.317 e. The van der Waals surface area contributed by atoms with Gasteiger partial charge in [-0.1, -0.05) is 0 Å². The van der Waals surface area contributed by atoms with E-state index in [-0.39, 0.29) is 0 Å². The molecule has 30 valence electrons. The van der Waals surface area contributed by atoms with E-state index < -0.39 is 0 Å². The molecular formula is C2H4BN3. The van der Waals surface area contributed by atoms with Crippen LogP contribution in [0, 0.1) is 0 Å². The molecule has 0 aliphatic carbocycles. The van der Waals surface area contributed by atoms with Crippen LogP contribution in [0.25, 0.3) is 0 Å². The highest BCUT2D eigenvalue weighted by molar-refractivity contribution is 6.21. The van der Waals surface area contributed by atoms with Gasteiger partial charge in [0.2, 0.25) is 0 Å². The van der Waals surface area contributed by atoms with E-state index in [0.29, 0.717) is 5.60 Å². The maximum absolute atomic E-state index is 5.16. The van der Waals surface area contributed by atoms with Crippen LogP contribution in [-0.2, 0) is 0 Å². The highest BCUT2D eigenvalue weighted by Crippen LogP contribution is 1.74. The molecule has 0 bridgehead atoms. The monoisotopic (exact) mass is 81.0 g/mol. The van der Waals surface area contributed by atoms with E-state index in [0.717, 1.165) is 0 Å². The smallest absolute Gasteiger partial charge is 0.142 e. The predicted octanol–water partition coefficient (Wildman–Crippen LogP) is -1.43. The van der Waals surface area contributed by atoms with E-state index in [4.69, 9.17) is 7.85 Å². The summed E-state index contributed by atoms with van der Waals surface area (Å²) in [5.74, 6) is 0. The Kier molecular flexibility index (Phi) is 0.722. The molecule has 1 aliphatic rings. The Morgan fingerprint density at radius 2 is 2.50 bits per heavy atom. The van der Waals surface area contributed by atoms with Crippen molar-refractivity contribution >= 4 is 7.85 Å². The highest BCUT2D eigenvalue weighted by Gasteiger charge is 1.88. The molecule has 1 aliphatic heterocycles. The zero-order valence-corrected chi connectivity index (χ0v) is 3.15. The Balaban J connectivity index is 2.45. The zero-order chi connectivity index (χ0) is 4.41. The van der Waals surface area contributed by atoms with Crippen molar-refractivity contribution in [2.24, 2.45) is 0 Å². The van der Waals surface area contributed by atoms with Gasteiger partial charge in [0.25, 0.3) is 0 Å². The first-order chi connectivity index (χ1) is 2.89. The molecule has 2 radical (unpaired) electrons. The van der Waals surface area contributed by atoms with Gasteiger partial charge in [-0.3, -0.25) is 0 Å². The predicted molar refractivity (Wildman–Crippen MR) is 23.2 cm³/mol. The topological polar surface area (TPSA) is 36.1 Å². The molecule has 0 unspecified atom stereocenters. The third-order valence-corrected chi connectivity index (χ3v) is 0.507. The summed E-state index contributed by atoms with van der Waals surface area (Å²) in [6.07, 6.45) is 1.62. The molecule has 0 fully saturated rings. The van der Waals surface area contributed by atoms with Gasteiger partial charge in [0.15, 0.2) is 0 Å². The number of hydrogen-bond donors (Lipinski definition) is 3. The summed E-state index contributed by atoms with van der Waals surface area (Å²) in [6, 6.07) is 0. The summed E-state index contributed by atoms with van der Waals surface area (Å²) < 4.78 is 0. The first-order valence-corrected chi connectivity index (χ1v) is 1.62. The molecule has 4 heteroatoms. The van der Waals surface area contributed by atoms with Crippen LogP contribution in [0.2, 0.25) is 0 Å². The van der Waals surface area contributed by atoms with Gasteiger partial charge in [0, 0.05) is 6.20 Å². The van der Waals surface area contributed by atoms with Crippen molar-refractivity contribution in [1.82, 2.24) is 16.4 Å². The van der Waals surface area contributed by atoms with E-state index in [2.05, 4.69) is 16.4 Å². The summed E-state index contributed by atoms with van der Waals surface area (Å²) in [7, 11) is 5.16. The molecule has 0 aromatic rings. The van der Waals surface area contributed by atoms with Crippen LogP contribution in [0.5, 0.6) is 0 Å². The summed E-state index contributed by atoms with van der Waals surface area (Å²) >= 11 is 0. The fraction of sp³-hybridized carbons (Fsp3) is 0. The Bertz CT molecular complexity index is 78.9. The second-order valence-corrected chi connectivity index (χ2v) is 0.994. The van der Waals surface area contributed by atoms with Crippen LogP contribution in [0.4, 0.5) is 0 Å². The molecule has 6 heavy (non-hydrogen) atoms. The normalized spacial score (nSPS) is 18.3. The first-order valence-electron chi connectivity index (χ1n) is 1.62. The molecule has 0 saturated heterocycles. The summed E-state index contributed by atoms with van der Waals surface area (Å²) in [6.45, 7) is 0. The Morgan fingerprint density at radius 3 is 2.67 bits per heavy atom. The average molecular weight is 80.9 g/mol. The lowest BCUT2D eigenvalue weighted by molar-refractivity contribution is 0.610. The van der Waals surface area contributed by atoms with Crippen molar-refractivity contribution in [3.8, 4) is 0 Å². The second-order valence-electron chi connectivity index (χ2n) is 0.994. The minimum atomic E-state index is 0.606. The molecule has 0 amide bonds. The lowest BCUT2D eigenvalue weighted by Crippen LogP contribution is -2.31. The summed E-state index contributed by atoms with van der Waals surface area (Å²) in [4.78, 5) is 0. The van der Waals surface area contributed by atoms with Gasteiger partial charge in [-0.05, 0) is 5.60 Å². The molecule has 3 N–H and O–H groups in total. The van der Waals surface area contributed by atoms with E-state index in [1.807, 2.05) is 0 Å². The molecule has 3 nitrogen and oxygen atoms in total. The molecular weight excluding hydrogens is 76.9 g/mol. The van der Waals surface area contributed by atoms with Gasteiger partial charge >= 0.3 is 0 Å². The highest BCUT2D eigenvalue weighted by atomic mass is 15.6. The lowest BCUT2D eigenvalue weighted by Gasteiger charge is -1.91. The van der Waals surface area contributed by atoms with Crippen molar-refractivity contribution in [2.45, 2.75) is 0 Å². The number of hydrazine groups is 2. The van der Waals surface area contributed by atoms with Gasteiger partial charge in [-0.2, -0.15) is 5.53 Å². The van der Waals surface area contributed by atoms with Crippen LogP contribution < -0.4 is 16.4 Å². The van der Waals surface area contributed by atoms with Crippen LogP contribution in [-0.4, -0.2) is 7.85 Å². The van der Waals surface area contributed by atoms with Crippen molar-refractivity contribution in [3.63, 3.8) is 0 Å². The largest absolute Gasteiger partial charge is 0.317 e. The molecule has 0 aromatic carbocycles. The molecule has 1 rings (SSSR count). The van der Waals surface area contributed by atoms with Gasteiger partial charge in [0.1, 0.15) is 7.85 Å². The minimum absolute atomic E-state index is 0.606. The third kappa shape index (κ3) is 0.465. The molecule has 1 heterocycles. The van der Waals surface area contributed by atoms with Crippen LogP contribution in [0.3, 0.4) is 0 Å². The van der Waals surface area contributed by atoms with Crippen molar-refractivity contribution in [2.75, 3.05) is 0 Å². The SMILES string of the molecule is [B]C1=CNNN1. The van der Waals surface area contributed by atoms with E-state index >= 15 is 0 Å². The zero-order valence-electron chi connectivity index (χ0n) is 3.15. The molecule has 0 spiro atoms. The van der Waals surface area contributed by atoms with Crippen molar-refractivity contribution in [1.29, 1.82) is 0 Å². The molecule has 0 saturated carbocycles. The van der Waals surface area contributed by atoms with Gasteiger partial charge in [0.05, 0.1) is 0 Å². The van der Waals surface area contributed by atoms with Crippen LogP contribution in [0.15, 0.2) is 11.8 Å². The van der Waals surface area contributed by atoms with E-state index in [1.54, 1.807) is 6.20 Å². The number of nitrogens with one attached hydrogen (secondary N) is 3. The van der Waals surface area contributed by atoms with Gasteiger partial charge in [-0.15, -0.1) is 0 Å². The van der Waals surface area contributed by atoms with Crippen molar-refractivity contribution in [3.05, 3.63) is 11.8 Å². The number of rotatable bonds is 0. The average Bonchev–Trinajstić information content (AvgIpc) is 1.86. The summed E-state index contributed by atoms with van der Waals surface area (Å²) in [5, 5.41) is 0. The van der Waals surface area contributed by atoms with E-state index in [9.17, 15) is 0 Å².